The summed E-state index contributed by atoms with van der Waals surface area (Å²) in [6.07, 6.45) is 3.85. The molecule has 0 saturated carbocycles. The lowest BCUT2D eigenvalue weighted by Crippen LogP contribution is -2.16. The average Bonchev–Trinajstić information content (AvgIpc) is 2.97. The summed E-state index contributed by atoms with van der Waals surface area (Å²) in [7, 11) is 0. The Kier molecular flexibility index (Phi) is 3.93. The molecule has 0 aliphatic carbocycles. The van der Waals surface area contributed by atoms with Gasteiger partial charge in [0.1, 0.15) is 0 Å². The van der Waals surface area contributed by atoms with Crippen molar-refractivity contribution in [3.05, 3.63) is 35.9 Å². The van der Waals surface area contributed by atoms with Crippen LogP contribution in [0.1, 0.15) is 25.2 Å². The number of aryl methyl sites for hydroxylation is 2. The summed E-state index contributed by atoms with van der Waals surface area (Å²) in [6, 6.07) is 4.09. The van der Waals surface area contributed by atoms with Gasteiger partial charge in [-0.15, -0.1) is 0 Å². The largest absolute Gasteiger partial charge is 0.305 e. The molecule has 0 radical (unpaired) electrons. The number of rotatable bonds is 6. The van der Waals surface area contributed by atoms with E-state index >= 15 is 0 Å². The number of aromatic nitrogens is 4. The zero-order valence-corrected chi connectivity index (χ0v) is 10.4. The van der Waals surface area contributed by atoms with E-state index < -0.39 is 0 Å². The summed E-state index contributed by atoms with van der Waals surface area (Å²) in [5, 5.41) is 12.0. The van der Waals surface area contributed by atoms with Crippen molar-refractivity contribution in [1.82, 2.24) is 24.9 Å². The van der Waals surface area contributed by atoms with Gasteiger partial charge >= 0.3 is 0 Å². The second-order valence-corrected chi connectivity index (χ2v) is 3.90. The Morgan fingerprint density at radius 3 is 2.76 bits per heavy atom. The fourth-order valence-corrected chi connectivity index (χ4v) is 1.79. The summed E-state index contributed by atoms with van der Waals surface area (Å²) in [4.78, 5) is 0. The molecule has 0 amide bonds. The minimum atomic E-state index is 0.794. The third kappa shape index (κ3) is 2.94. The average molecular weight is 233 g/mol. The summed E-state index contributed by atoms with van der Waals surface area (Å²) in [5.74, 6) is 0. The maximum atomic E-state index is 4.42. The molecule has 5 nitrogen and oxygen atoms in total. The highest BCUT2D eigenvalue weighted by molar-refractivity contribution is 5.02. The Labute approximate surface area is 101 Å². The van der Waals surface area contributed by atoms with Crippen molar-refractivity contribution in [2.45, 2.75) is 40.0 Å². The van der Waals surface area contributed by atoms with Crippen molar-refractivity contribution in [2.24, 2.45) is 0 Å². The van der Waals surface area contributed by atoms with Gasteiger partial charge in [0.25, 0.3) is 0 Å². The van der Waals surface area contributed by atoms with Crippen LogP contribution in [-0.4, -0.2) is 19.6 Å². The highest BCUT2D eigenvalue weighted by Gasteiger charge is 2.01. The zero-order valence-electron chi connectivity index (χ0n) is 10.4. The minimum absolute atomic E-state index is 0.794. The summed E-state index contributed by atoms with van der Waals surface area (Å²) in [6.45, 7) is 7.63. The first-order valence-corrected chi connectivity index (χ1v) is 6.07. The van der Waals surface area contributed by atoms with E-state index in [1.165, 1.54) is 5.69 Å². The van der Waals surface area contributed by atoms with Crippen LogP contribution in [0.5, 0.6) is 0 Å². The fraction of sp³-hybridized carbons (Fsp3) is 0.500. The van der Waals surface area contributed by atoms with Crippen molar-refractivity contribution in [1.29, 1.82) is 0 Å². The molecule has 0 saturated heterocycles. The van der Waals surface area contributed by atoms with E-state index in [9.17, 15) is 0 Å². The maximum Gasteiger partial charge on any atom is 0.0762 e. The molecule has 17 heavy (non-hydrogen) atoms. The molecule has 5 heteroatoms. The van der Waals surface area contributed by atoms with Gasteiger partial charge in [-0.3, -0.25) is 9.36 Å². The molecule has 2 aromatic heterocycles. The van der Waals surface area contributed by atoms with Crippen LogP contribution in [0.15, 0.2) is 24.5 Å². The Morgan fingerprint density at radius 2 is 2.06 bits per heavy atom. The van der Waals surface area contributed by atoms with Gasteiger partial charge in [0, 0.05) is 38.6 Å². The lowest BCUT2D eigenvalue weighted by Gasteiger charge is -2.05. The van der Waals surface area contributed by atoms with Gasteiger partial charge in [-0.2, -0.15) is 10.2 Å². The minimum Gasteiger partial charge on any atom is -0.305 e. The molecule has 0 spiro atoms. The first-order valence-electron chi connectivity index (χ1n) is 6.07. The Morgan fingerprint density at radius 1 is 1.18 bits per heavy atom. The molecule has 1 N–H and O–H groups in total. The maximum absolute atomic E-state index is 4.42. The molecular formula is C12H19N5. The van der Waals surface area contributed by atoms with Gasteiger partial charge in [-0.05, 0) is 26.0 Å². The smallest absolute Gasteiger partial charge is 0.0762 e. The number of nitrogens with one attached hydrogen (secondary N) is 1. The standard InChI is InChI=1S/C12H19N5/c1-3-16-8-6-11(15-16)9-13-10-12-5-7-14-17(12)4-2/h5-8,13H,3-4,9-10H2,1-2H3. The first-order chi connectivity index (χ1) is 8.33. The predicted molar refractivity (Wildman–Crippen MR) is 66.3 cm³/mol. The molecule has 92 valence electrons. The predicted octanol–water partition coefficient (Wildman–Crippen LogP) is 1.41. The number of hydrogen-bond donors (Lipinski definition) is 1. The SMILES string of the molecule is CCn1ccc(CNCc2ccnn2CC)n1. The van der Waals surface area contributed by atoms with Gasteiger partial charge in [0.2, 0.25) is 0 Å². The Balaban J connectivity index is 1.83. The summed E-state index contributed by atoms with van der Waals surface area (Å²) < 4.78 is 3.94. The van der Waals surface area contributed by atoms with Crippen LogP contribution in [0, 0.1) is 0 Å². The Bertz CT molecular complexity index is 457. The first kappa shape index (κ1) is 11.9. The van der Waals surface area contributed by atoms with Crippen LogP contribution in [-0.2, 0) is 26.2 Å². The number of nitrogens with zero attached hydrogens (tertiary/aromatic N) is 4. The van der Waals surface area contributed by atoms with E-state index in [1.807, 2.05) is 33.9 Å². The molecule has 2 heterocycles. The molecule has 0 bridgehead atoms. The molecule has 0 aromatic carbocycles. The van der Waals surface area contributed by atoms with Crippen molar-refractivity contribution in [2.75, 3.05) is 0 Å². The van der Waals surface area contributed by atoms with Crippen LogP contribution in [0.25, 0.3) is 0 Å². The van der Waals surface area contributed by atoms with E-state index in [0.29, 0.717) is 0 Å². The molecule has 0 aliphatic rings. The van der Waals surface area contributed by atoms with Gasteiger partial charge in [-0.1, -0.05) is 0 Å². The van der Waals surface area contributed by atoms with E-state index in [1.54, 1.807) is 0 Å². The van der Waals surface area contributed by atoms with Crippen LogP contribution in [0.4, 0.5) is 0 Å². The molecule has 0 aliphatic heterocycles. The van der Waals surface area contributed by atoms with Crippen molar-refractivity contribution < 1.29 is 0 Å². The summed E-state index contributed by atoms with van der Waals surface area (Å²) in [5.41, 5.74) is 2.29. The van der Waals surface area contributed by atoms with Gasteiger partial charge in [0.05, 0.1) is 11.4 Å². The second kappa shape index (κ2) is 5.63. The summed E-state index contributed by atoms with van der Waals surface area (Å²) >= 11 is 0. The van der Waals surface area contributed by atoms with E-state index in [0.717, 1.165) is 31.9 Å². The van der Waals surface area contributed by atoms with Gasteiger partial charge in [0.15, 0.2) is 0 Å². The van der Waals surface area contributed by atoms with Crippen LogP contribution < -0.4 is 5.32 Å². The Hall–Kier alpha value is -1.62. The van der Waals surface area contributed by atoms with Gasteiger partial charge in [-0.25, -0.2) is 0 Å². The van der Waals surface area contributed by atoms with Crippen molar-refractivity contribution >= 4 is 0 Å². The fourth-order valence-electron chi connectivity index (χ4n) is 1.79. The normalized spacial score (nSPS) is 10.9. The molecule has 0 atom stereocenters. The monoisotopic (exact) mass is 233 g/mol. The van der Waals surface area contributed by atoms with E-state index in [4.69, 9.17) is 0 Å². The molecule has 0 unspecified atom stereocenters. The molecular weight excluding hydrogens is 214 g/mol. The zero-order chi connectivity index (χ0) is 12.1. The molecule has 0 fully saturated rings. The van der Waals surface area contributed by atoms with Crippen molar-refractivity contribution in [3.63, 3.8) is 0 Å². The number of hydrogen-bond acceptors (Lipinski definition) is 3. The van der Waals surface area contributed by atoms with E-state index in [2.05, 4.69) is 29.4 Å². The highest BCUT2D eigenvalue weighted by atomic mass is 15.3. The van der Waals surface area contributed by atoms with Crippen LogP contribution in [0.3, 0.4) is 0 Å². The lowest BCUT2D eigenvalue weighted by molar-refractivity contribution is 0.571. The topological polar surface area (TPSA) is 47.7 Å². The third-order valence-electron chi connectivity index (χ3n) is 2.74. The third-order valence-corrected chi connectivity index (χ3v) is 2.74. The van der Waals surface area contributed by atoms with E-state index in [-0.39, 0.29) is 0 Å². The molecule has 2 aromatic rings. The highest BCUT2D eigenvalue weighted by Crippen LogP contribution is 2.00. The quantitative estimate of drug-likeness (QED) is 0.820. The molecule has 2 rings (SSSR count). The second-order valence-electron chi connectivity index (χ2n) is 3.90. The van der Waals surface area contributed by atoms with Crippen LogP contribution >= 0.6 is 0 Å². The van der Waals surface area contributed by atoms with Crippen molar-refractivity contribution in [3.8, 4) is 0 Å². The van der Waals surface area contributed by atoms with Gasteiger partial charge < -0.3 is 5.32 Å². The lowest BCUT2D eigenvalue weighted by atomic mass is 10.4. The van der Waals surface area contributed by atoms with Crippen LogP contribution in [0.2, 0.25) is 0 Å².